The Hall–Kier alpha value is -3.32. The van der Waals surface area contributed by atoms with E-state index in [9.17, 15) is 0 Å². The van der Waals surface area contributed by atoms with Gasteiger partial charge in [0.2, 0.25) is 0 Å². The van der Waals surface area contributed by atoms with Gasteiger partial charge in [-0.05, 0) is 78.5 Å². The van der Waals surface area contributed by atoms with Crippen LogP contribution in [0.25, 0.3) is 32.3 Å². The van der Waals surface area contributed by atoms with Crippen LogP contribution < -0.4 is 5.32 Å². The Kier molecular flexibility index (Phi) is 4.97. The van der Waals surface area contributed by atoms with Crippen molar-refractivity contribution in [3.63, 3.8) is 0 Å². The second-order valence-corrected chi connectivity index (χ2v) is 11.3. The number of nitrogens with one attached hydrogen (secondary N) is 1. The van der Waals surface area contributed by atoms with Crippen molar-refractivity contribution in [2.24, 2.45) is 0 Å². The fraction of sp³-hybridized carbons (Fsp3) is 0.250. The average molecular weight is 432 g/mol. The van der Waals surface area contributed by atoms with Crippen LogP contribution in [0.4, 0.5) is 11.4 Å². The number of hydrogen-bond acceptors (Lipinski definition) is 1. The lowest BCUT2D eigenvalue weighted by Crippen LogP contribution is -2.16. The quantitative estimate of drug-likeness (QED) is 0.274. The molecule has 5 aromatic carbocycles. The molecule has 0 radical (unpaired) electrons. The molecule has 33 heavy (non-hydrogen) atoms. The molecule has 0 spiro atoms. The van der Waals surface area contributed by atoms with E-state index in [2.05, 4.69) is 132 Å². The molecule has 0 unspecified atom stereocenters. The van der Waals surface area contributed by atoms with Crippen LogP contribution in [0.2, 0.25) is 0 Å². The van der Waals surface area contributed by atoms with Gasteiger partial charge in [-0.2, -0.15) is 0 Å². The minimum atomic E-state index is 0.0934. The summed E-state index contributed by atoms with van der Waals surface area (Å²) in [6.07, 6.45) is 0. The zero-order valence-electron chi connectivity index (χ0n) is 20.6. The average Bonchev–Trinajstić information content (AvgIpc) is 2.78. The van der Waals surface area contributed by atoms with Crippen LogP contribution in [0.1, 0.15) is 52.7 Å². The minimum Gasteiger partial charge on any atom is -0.355 e. The fourth-order valence-electron chi connectivity index (χ4n) is 4.72. The van der Waals surface area contributed by atoms with Crippen LogP contribution in [0.15, 0.2) is 84.9 Å². The second-order valence-electron chi connectivity index (χ2n) is 11.3. The number of anilines is 2. The third-order valence-corrected chi connectivity index (χ3v) is 6.70. The maximum atomic E-state index is 3.73. The summed E-state index contributed by atoms with van der Waals surface area (Å²) in [6, 6.07) is 31.2. The summed E-state index contributed by atoms with van der Waals surface area (Å²) in [5.41, 5.74) is 5.17. The summed E-state index contributed by atoms with van der Waals surface area (Å²) in [6.45, 7) is 13.7. The molecule has 0 aliphatic carbocycles. The topological polar surface area (TPSA) is 12.0 Å². The Morgan fingerprint density at radius 1 is 0.424 bits per heavy atom. The van der Waals surface area contributed by atoms with Crippen molar-refractivity contribution >= 4 is 43.7 Å². The first-order valence-electron chi connectivity index (χ1n) is 11.9. The zero-order chi connectivity index (χ0) is 23.4. The number of hydrogen-bond donors (Lipinski definition) is 1. The maximum absolute atomic E-state index is 3.73. The van der Waals surface area contributed by atoms with Crippen LogP contribution in [0.5, 0.6) is 0 Å². The predicted molar refractivity (Wildman–Crippen MR) is 146 cm³/mol. The Balaban J connectivity index is 1.68. The van der Waals surface area contributed by atoms with Crippen LogP contribution in [0.3, 0.4) is 0 Å². The van der Waals surface area contributed by atoms with E-state index in [1.165, 1.54) is 43.4 Å². The standard InChI is InChI=1S/C32H33N/c1-31(2,3)21-17-22(32(4,5)6)19-24(18-21)33-23-15-16-29-27-13-8-7-11-25(27)26-12-9-10-14-28(26)30(29)20-23/h7-20,33H,1-6H3. The smallest absolute Gasteiger partial charge is 0.0390 e. The van der Waals surface area contributed by atoms with Crippen molar-refractivity contribution in [2.45, 2.75) is 52.4 Å². The van der Waals surface area contributed by atoms with Crippen LogP contribution in [-0.4, -0.2) is 0 Å². The van der Waals surface area contributed by atoms with Gasteiger partial charge in [-0.1, -0.05) is 102 Å². The molecule has 5 rings (SSSR count). The highest BCUT2D eigenvalue weighted by molar-refractivity contribution is 6.25. The molecule has 0 heterocycles. The molecule has 0 fully saturated rings. The highest BCUT2D eigenvalue weighted by atomic mass is 14.9. The first-order chi connectivity index (χ1) is 15.6. The lowest BCUT2D eigenvalue weighted by atomic mass is 9.80. The first kappa shape index (κ1) is 21.5. The third-order valence-electron chi connectivity index (χ3n) is 6.70. The van der Waals surface area contributed by atoms with E-state index in [0.29, 0.717) is 0 Å². The van der Waals surface area contributed by atoms with Crippen molar-refractivity contribution in [3.05, 3.63) is 96.1 Å². The van der Waals surface area contributed by atoms with E-state index in [1.54, 1.807) is 0 Å². The summed E-state index contributed by atoms with van der Waals surface area (Å²) < 4.78 is 0. The van der Waals surface area contributed by atoms with E-state index in [4.69, 9.17) is 0 Å². The van der Waals surface area contributed by atoms with Crippen molar-refractivity contribution in [2.75, 3.05) is 5.32 Å². The molecular formula is C32H33N. The highest BCUT2D eigenvalue weighted by Crippen LogP contribution is 2.37. The molecule has 166 valence electrons. The molecule has 1 nitrogen and oxygen atoms in total. The van der Waals surface area contributed by atoms with Gasteiger partial charge in [0.15, 0.2) is 0 Å². The summed E-state index contributed by atoms with van der Waals surface area (Å²) in [5, 5.41) is 11.6. The van der Waals surface area contributed by atoms with Gasteiger partial charge in [-0.3, -0.25) is 0 Å². The summed E-state index contributed by atoms with van der Waals surface area (Å²) >= 11 is 0. The molecule has 0 saturated carbocycles. The van der Waals surface area contributed by atoms with E-state index in [1.807, 2.05) is 0 Å². The normalized spacial score (nSPS) is 12.5. The Morgan fingerprint density at radius 2 is 0.848 bits per heavy atom. The summed E-state index contributed by atoms with van der Waals surface area (Å²) in [5.74, 6) is 0. The molecule has 0 saturated heterocycles. The molecule has 0 amide bonds. The zero-order valence-corrected chi connectivity index (χ0v) is 20.6. The predicted octanol–water partition coefficient (Wildman–Crippen LogP) is 9.48. The van der Waals surface area contributed by atoms with Gasteiger partial charge in [0, 0.05) is 11.4 Å². The molecule has 5 aromatic rings. The van der Waals surface area contributed by atoms with Gasteiger partial charge >= 0.3 is 0 Å². The molecular weight excluding hydrogens is 398 g/mol. The van der Waals surface area contributed by atoms with Gasteiger partial charge in [0.1, 0.15) is 0 Å². The Labute approximate surface area is 197 Å². The molecule has 0 atom stereocenters. The lowest BCUT2D eigenvalue weighted by Gasteiger charge is -2.26. The molecule has 0 aromatic heterocycles. The molecule has 0 aliphatic heterocycles. The fourth-order valence-corrected chi connectivity index (χ4v) is 4.72. The number of fused-ring (bicyclic) bond motifs is 6. The molecule has 1 N–H and O–H groups in total. The van der Waals surface area contributed by atoms with Crippen molar-refractivity contribution in [3.8, 4) is 0 Å². The lowest BCUT2D eigenvalue weighted by molar-refractivity contribution is 0.569. The van der Waals surface area contributed by atoms with Gasteiger partial charge in [-0.15, -0.1) is 0 Å². The van der Waals surface area contributed by atoms with Crippen molar-refractivity contribution in [1.29, 1.82) is 0 Å². The Bertz CT molecular complexity index is 1430. The van der Waals surface area contributed by atoms with E-state index in [0.717, 1.165) is 11.4 Å². The van der Waals surface area contributed by atoms with Gasteiger partial charge in [-0.25, -0.2) is 0 Å². The molecule has 1 heteroatoms. The van der Waals surface area contributed by atoms with E-state index in [-0.39, 0.29) is 10.8 Å². The molecule has 0 aliphatic rings. The SMILES string of the molecule is CC(C)(C)c1cc(Nc2ccc3c4ccccc4c4ccccc4c3c2)cc(C(C)(C)C)c1. The monoisotopic (exact) mass is 431 g/mol. The Morgan fingerprint density at radius 3 is 1.30 bits per heavy atom. The largest absolute Gasteiger partial charge is 0.355 e. The van der Waals surface area contributed by atoms with Crippen LogP contribution in [0, 0.1) is 0 Å². The van der Waals surface area contributed by atoms with E-state index < -0.39 is 0 Å². The molecule has 0 bridgehead atoms. The number of benzene rings is 5. The van der Waals surface area contributed by atoms with Gasteiger partial charge in [0.05, 0.1) is 0 Å². The van der Waals surface area contributed by atoms with Crippen molar-refractivity contribution < 1.29 is 0 Å². The number of rotatable bonds is 2. The van der Waals surface area contributed by atoms with E-state index >= 15 is 0 Å². The van der Waals surface area contributed by atoms with Crippen molar-refractivity contribution in [1.82, 2.24) is 0 Å². The van der Waals surface area contributed by atoms with Gasteiger partial charge in [0.25, 0.3) is 0 Å². The minimum absolute atomic E-state index is 0.0934. The first-order valence-corrected chi connectivity index (χ1v) is 11.9. The van der Waals surface area contributed by atoms with Crippen LogP contribution >= 0.6 is 0 Å². The van der Waals surface area contributed by atoms with Crippen LogP contribution in [-0.2, 0) is 10.8 Å². The third kappa shape index (κ3) is 3.97. The second kappa shape index (κ2) is 7.63. The summed E-state index contributed by atoms with van der Waals surface area (Å²) in [7, 11) is 0. The summed E-state index contributed by atoms with van der Waals surface area (Å²) in [4.78, 5) is 0. The van der Waals surface area contributed by atoms with Gasteiger partial charge < -0.3 is 5.32 Å². The highest BCUT2D eigenvalue weighted by Gasteiger charge is 2.20. The maximum Gasteiger partial charge on any atom is 0.0390 e.